The Bertz CT molecular complexity index is 801. The number of carbonyl (C=O) groups is 1. The van der Waals surface area contributed by atoms with Gasteiger partial charge in [-0.15, -0.1) is 0 Å². The van der Waals surface area contributed by atoms with E-state index in [2.05, 4.69) is 5.32 Å². The van der Waals surface area contributed by atoms with E-state index >= 15 is 0 Å². The molecule has 1 unspecified atom stereocenters. The fourth-order valence-electron chi connectivity index (χ4n) is 2.36. The summed E-state index contributed by atoms with van der Waals surface area (Å²) in [5, 5.41) is 9.61. The second-order valence-corrected chi connectivity index (χ2v) is 5.61. The van der Waals surface area contributed by atoms with Crippen molar-refractivity contribution in [1.82, 2.24) is 5.32 Å². The molecule has 1 amide bonds. The first-order valence-corrected chi connectivity index (χ1v) is 8.06. The zero-order valence-corrected chi connectivity index (χ0v) is 14.0. The molecule has 26 heavy (non-hydrogen) atoms. The lowest BCUT2D eigenvalue weighted by atomic mass is 10.1. The number of rotatable bonds is 7. The minimum absolute atomic E-state index is 0.272. The number of hydrogen-bond acceptors (Lipinski definition) is 6. The highest BCUT2D eigenvalue weighted by molar-refractivity contribution is 5.81. The zero-order chi connectivity index (χ0) is 18.4. The van der Waals surface area contributed by atoms with Crippen molar-refractivity contribution in [2.45, 2.75) is 6.10 Å². The van der Waals surface area contributed by atoms with E-state index in [0.29, 0.717) is 36.1 Å². The number of allylic oxidation sites excluding steroid dienone is 1. The molecule has 1 aliphatic heterocycles. The molecule has 1 heterocycles. The molecule has 3 rings (SSSR count). The van der Waals surface area contributed by atoms with Crippen LogP contribution in [0.3, 0.4) is 0 Å². The number of alkyl carbamates (subject to hydrolysis) is 1. The Kier molecular flexibility index (Phi) is 5.38. The molecule has 7 nitrogen and oxygen atoms in total. The minimum Gasteiger partial charge on any atom is -0.490 e. The predicted molar refractivity (Wildman–Crippen MR) is 97.7 cm³/mol. The molecule has 7 heteroatoms. The summed E-state index contributed by atoms with van der Waals surface area (Å²) in [5.74, 6) is 2.01. The number of ether oxygens (including phenoxy) is 3. The van der Waals surface area contributed by atoms with E-state index < -0.39 is 6.09 Å². The van der Waals surface area contributed by atoms with E-state index in [4.69, 9.17) is 25.4 Å². The van der Waals surface area contributed by atoms with Gasteiger partial charge in [-0.1, -0.05) is 0 Å². The van der Waals surface area contributed by atoms with Crippen LogP contribution in [-0.2, 0) is 4.74 Å². The molecule has 1 atom stereocenters. The van der Waals surface area contributed by atoms with Crippen LogP contribution in [0.5, 0.6) is 17.2 Å². The van der Waals surface area contributed by atoms with Crippen LogP contribution in [0, 0.1) is 5.41 Å². The van der Waals surface area contributed by atoms with E-state index in [9.17, 15) is 4.79 Å². The maximum atomic E-state index is 10.9. The van der Waals surface area contributed by atoms with Crippen molar-refractivity contribution < 1.29 is 19.0 Å². The van der Waals surface area contributed by atoms with Gasteiger partial charge in [0.1, 0.15) is 23.9 Å². The lowest BCUT2D eigenvalue weighted by Gasteiger charge is -2.11. The van der Waals surface area contributed by atoms with E-state index in [-0.39, 0.29) is 6.10 Å². The summed E-state index contributed by atoms with van der Waals surface area (Å²) in [5.41, 5.74) is 7.18. The van der Waals surface area contributed by atoms with E-state index in [1.807, 2.05) is 24.3 Å². The van der Waals surface area contributed by atoms with Crippen molar-refractivity contribution in [3.05, 3.63) is 60.2 Å². The molecule has 2 aromatic rings. The monoisotopic (exact) mass is 353 g/mol. The van der Waals surface area contributed by atoms with Crippen molar-refractivity contribution in [1.29, 1.82) is 5.41 Å². The Labute approximate surface area is 150 Å². The van der Waals surface area contributed by atoms with Gasteiger partial charge < -0.3 is 30.7 Å². The van der Waals surface area contributed by atoms with Gasteiger partial charge in [0.2, 0.25) is 0 Å². The zero-order valence-electron chi connectivity index (χ0n) is 14.0. The number of cyclic esters (lactones) is 1. The molecule has 0 saturated carbocycles. The molecule has 2 aromatic carbocycles. The normalized spacial score (nSPS) is 16.5. The standard InChI is InChI=1S/C19H19N3O4/c20-10-9-18(21)13-1-3-15(4-2-13)25-16-7-5-14(6-8-16)24-12-17-11-22-19(23)26-17/h1-10,17,20H,11-12,21H2,(H,22,23)/b18-9-,20-10?. The molecule has 4 N–H and O–H groups in total. The van der Waals surface area contributed by atoms with Crippen LogP contribution in [0.1, 0.15) is 5.56 Å². The number of carbonyl (C=O) groups excluding carboxylic acids is 1. The van der Waals surface area contributed by atoms with Crippen LogP contribution < -0.4 is 20.5 Å². The Hall–Kier alpha value is -3.48. The van der Waals surface area contributed by atoms with Crippen molar-refractivity contribution in [2.75, 3.05) is 13.2 Å². The van der Waals surface area contributed by atoms with Crippen molar-refractivity contribution >= 4 is 18.0 Å². The van der Waals surface area contributed by atoms with Gasteiger partial charge in [0, 0.05) is 11.9 Å². The summed E-state index contributed by atoms with van der Waals surface area (Å²) in [7, 11) is 0. The number of benzene rings is 2. The third kappa shape index (κ3) is 4.54. The number of amides is 1. The van der Waals surface area contributed by atoms with Crippen molar-refractivity contribution in [3.8, 4) is 17.2 Å². The van der Waals surface area contributed by atoms with Crippen molar-refractivity contribution in [2.24, 2.45) is 5.73 Å². The quantitative estimate of drug-likeness (QED) is 0.664. The molecular formula is C19H19N3O4. The molecule has 1 saturated heterocycles. The van der Waals surface area contributed by atoms with E-state index in [1.165, 1.54) is 6.08 Å². The molecular weight excluding hydrogens is 334 g/mol. The SMILES string of the molecule is N=C/C=C(\N)c1ccc(Oc2ccc(OCC3CNC(=O)O3)cc2)cc1. The van der Waals surface area contributed by atoms with Crippen LogP contribution in [0.15, 0.2) is 54.6 Å². The Morgan fingerprint density at radius 2 is 1.77 bits per heavy atom. The minimum atomic E-state index is -0.413. The fourth-order valence-corrected chi connectivity index (χ4v) is 2.36. The summed E-state index contributed by atoms with van der Waals surface area (Å²) < 4.78 is 16.4. The first kappa shape index (κ1) is 17.3. The molecule has 1 fully saturated rings. The van der Waals surface area contributed by atoms with E-state index in [1.54, 1.807) is 24.3 Å². The van der Waals surface area contributed by atoms with Gasteiger partial charge in [-0.3, -0.25) is 0 Å². The lowest BCUT2D eigenvalue weighted by Crippen LogP contribution is -2.21. The summed E-state index contributed by atoms with van der Waals surface area (Å²) in [6.07, 6.45) is 1.99. The topological polar surface area (TPSA) is 107 Å². The van der Waals surface area contributed by atoms with Gasteiger partial charge in [0.25, 0.3) is 0 Å². The number of nitrogens with two attached hydrogens (primary N) is 1. The van der Waals surface area contributed by atoms with Gasteiger partial charge in [-0.05, 0) is 60.2 Å². The second kappa shape index (κ2) is 8.06. The Balaban J connectivity index is 1.54. The first-order chi connectivity index (χ1) is 12.6. The molecule has 1 aliphatic rings. The average molecular weight is 353 g/mol. The number of nitrogens with one attached hydrogen (secondary N) is 2. The van der Waals surface area contributed by atoms with Gasteiger partial charge in [-0.25, -0.2) is 4.79 Å². The van der Waals surface area contributed by atoms with Crippen LogP contribution in [-0.4, -0.2) is 31.6 Å². The van der Waals surface area contributed by atoms with Gasteiger partial charge in [0.05, 0.1) is 6.54 Å². The van der Waals surface area contributed by atoms with Crippen LogP contribution in [0.4, 0.5) is 4.79 Å². The van der Waals surface area contributed by atoms with Gasteiger partial charge >= 0.3 is 6.09 Å². The number of hydrogen-bond donors (Lipinski definition) is 3. The largest absolute Gasteiger partial charge is 0.490 e. The third-order valence-corrected chi connectivity index (χ3v) is 3.69. The Morgan fingerprint density at radius 3 is 2.35 bits per heavy atom. The first-order valence-electron chi connectivity index (χ1n) is 8.06. The highest BCUT2D eigenvalue weighted by atomic mass is 16.6. The average Bonchev–Trinajstić information content (AvgIpc) is 3.07. The van der Waals surface area contributed by atoms with E-state index in [0.717, 1.165) is 11.8 Å². The van der Waals surface area contributed by atoms with Gasteiger partial charge in [0.15, 0.2) is 6.10 Å². The summed E-state index contributed by atoms with van der Waals surface area (Å²) in [4.78, 5) is 10.9. The summed E-state index contributed by atoms with van der Waals surface area (Å²) in [6.45, 7) is 0.751. The molecule has 134 valence electrons. The van der Waals surface area contributed by atoms with Crippen molar-refractivity contribution in [3.63, 3.8) is 0 Å². The summed E-state index contributed by atoms with van der Waals surface area (Å²) in [6, 6.07) is 14.5. The molecule has 0 aliphatic carbocycles. The van der Waals surface area contributed by atoms with Gasteiger partial charge in [-0.2, -0.15) is 0 Å². The smallest absolute Gasteiger partial charge is 0.407 e. The van der Waals surface area contributed by atoms with Crippen LogP contribution in [0.2, 0.25) is 0 Å². The van der Waals surface area contributed by atoms with Crippen LogP contribution in [0.25, 0.3) is 5.70 Å². The summed E-state index contributed by atoms with van der Waals surface area (Å²) >= 11 is 0. The maximum Gasteiger partial charge on any atom is 0.407 e. The lowest BCUT2D eigenvalue weighted by molar-refractivity contribution is 0.105. The highest BCUT2D eigenvalue weighted by Gasteiger charge is 2.22. The molecule has 0 radical (unpaired) electrons. The Morgan fingerprint density at radius 1 is 1.15 bits per heavy atom. The second-order valence-electron chi connectivity index (χ2n) is 5.61. The third-order valence-electron chi connectivity index (χ3n) is 3.69. The molecule has 0 bridgehead atoms. The molecule has 0 aromatic heterocycles. The predicted octanol–water partition coefficient (Wildman–Crippen LogP) is 2.92. The van der Waals surface area contributed by atoms with Crippen LogP contribution >= 0.6 is 0 Å². The molecule has 0 spiro atoms. The maximum absolute atomic E-state index is 10.9. The highest BCUT2D eigenvalue weighted by Crippen LogP contribution is 2.25. The fraction of sp³-hybridized carbons (Fsp3) is 0.158.